The van der Waals surface area contributed by atoms with Crippen LogP contribution in [0, 0.1) is 18.6 Å². The minimum Gasteiger partial charge on any atom is -0.549 e. The topological polar surface area (TPSA) is 203 Å². The Kier molecular flexibility index (Phi) is 9.44. The van der Waals surface area contributed by atoms with Crippen LogP contribution >= 0.6 is 0 Å². The molecule has 0 aliphatic heterocycles. The lowest BCUT2D eigenvalue weighted by molar-refractivity contribution is -0.318. The van der Waals surface area contributed by atoms with Crippen LogP contribution in [0.5, 0.6) is 5.75 Å². The molecular formula is C22H21F2N2O10-3. The first-order chi connectivity index (χ1) is 16.8. The number of phenols is 1. The van der Waals surface area contributed by atoms with Gasteiger partial charge in [0, 0.05) is 25.0 Å². The number of carbonyl (C=O) groups excluding carboxylic acids is 4. The normalized spacial score (nSPS) is 12.0. The lowest BCUT2D eigenvalue weighted by Gasteiger charge is -2.33. The number of hydrogen-bond donors (Lipinski definition) is 2. The van der Waals surface area contributed by atoms with Crippen LogP contribution < -0.4 is 26.3 Å². The molecule has 2 rings (SSSR count). The van der Waals surface area contributed by atoms with Gasteiger partial charge in [0.05, 0.1) is 35.9 Å². The van der Waals surface area contributed by atoms with Crippen molar-refractivity contribution >= 4 is 34.8 Å². The van der Waals surface area contributed by atoms with Crippen molar-refractivity contribution in [2.75, 3.05) is 19.6 Å². The minimum atomic E-state index is -1.69. The molecule has 0 aliphatic rings. The summed E-state index contributed by atoms with van der Waals surface area (Å²) in [5.74, 6) is -9.76. The van der Waals surface area contributed by atoms with Crippen LogP contribution in [-0.4, -0.2) is 59.5 Å². The Bertz CT molecular complexity index is 1230. The molecule has 1 aromatic heterocycles. The molecule has 0 fully saturated rings. The second-order valence-corrected chi connectivity index (χ2v) is 7.90. The molecule has 12 nitrogen and oxygen atoms in total. The van der Waals surface area contributed by atoms with Crippen LogP contribution in [0.4, 0.5) is 8.78 Å². The van der Waals surface area contributed by atoms with Gasteiger partial charge in [-0.1, -0.05) is 0 Å². The van der Waals surface area contributed by atoms with Gasteiger partial charge >= 0.3 is 5.63 Å². The SMILES string of the molecule is Cc1c(CC(=O)NCCCCC(C(=O)[O-])N(CC(=O)[O-])CC(=O)[O-])c(=O)oc2c(F)c(O)c(F)cc12. The molecule has 1 aromatic carbocycles. The van der Waals surface area contributed by atoms with Gasteiger partial charge in [-0.2, -0.15) is 4.39 Å². The molecule has 1 unspecified atom stereocenters. The molecule has 0 bridgehead atoms. The highest BCUT2D eigenvalue weighted by Gasteiger charge is 2.22. The lowest BCUT2D eigenvalue weighted by Crippen LogP contribution is -2.54. The summed E-state index contributed by atoms with van der Waals surface area (Å²) >= 11 is 0. The number of unbranched alkanes of at least 4 members (excludes halogenated alkanes) is 1. The average molecular weight is 511 g/mol. The summed E-state index contributed by atoms with van der Waals surface area (Å²) in [6.45, 7) is -0.577. The Morgan fingerprint density at radius 3 is 2.28 bits per heavy atom. The zero-order valence-electron chi connectivity index (χ0n) is 18.9. The Hall–Kier alpha value is -4.07. The summed E-state index contributed by atoms with van der Waals surface area (Å²) in [5, 5.41) is 44.6. The number of amides is 1. The molecule has 36 heavy (non-hydrogen) atoms. The zero-order valence-corrected chi connectivity index (χ0v) is 18.9. The first kappa shape index (κ1) is 28.2. The number of nitrogens with zero attached hydrogens (tertiary/aromatic N) is 1. The predicted octanol–water partition coefficient (Wildman–Crippen LogP) is -3.17. The van der Waals surface area contributed by atoms with Crippen molar-refractivity contribution in [3.05, 3.63) is 39.2 Å². The van der Waals surface area contributed by atoms with Crippen LogP contribution in [0.15, 0.2) is 15.3 Å². The van der Waals surface area contributed by atoms with Crippen LogP contribution in [0.1, 0.15) is 30.4 Å². The average Bonchev–Trinajstić information content (AvgIpc) is 2.77. The predicted molar refractivity (Wildman–Crippen MR) is 110 cm³/mol. The molecule has 1 amide bonds. The second kappa shape index (κ2) is 12.1. The fourth-order valence-electron chi connectivity index (χ4n) is 3.62. The number of carboxylic acid groups (broad SMARTS) is 3. The molecule has 0 radical (unpaired) electrons. The molecule has 0 saturated heterocycles. The molecule has 0 saturated carbocycles. The number of nitrogens with one attached hydrogen (secondary N) is 1. The minimum absolute atomic E-state index is 0.00860. The number of fused-ring (bicyclic) bond motifs is 1. The van der Waals surface area contributed by atoms with Crippen LogP contribution in [-0.2, 0) is 25.6 Å². The highest BCUT2D eigenvalue weighted by Crippen LogP contribution is 2.30. The molecule has 196 valence electrons. The monoisotopic (exact) mass is 511 g/mol. The van der Waals surface area contributed by atoms with Gasteiger partial charge in [0.1, 0.15) is 0 Å². The van der Waals surface area contributed by atoms with E-state index in [1.807, 2.05) is 0 Å². The van der Waals surface area contributed by atoms with Crippen molar-refractivity contribution in [3.8, 4) is 5.75 Å². The van der Waals surface area contributed by atoms with E-state index in [1.165, 1.54) is 6.92 Å². The molecule has 1 heterocycles. The summed E-state index contributed by atoms with van der Waals surface area (Å²) in [4.78, 5) is 58.0. The molecule has 14 heteroatoms. The van der Waals surface area contributed by atoms with E-state index in [0.29, 0.717) is 4.90 Å². The number of rotatable bonds is 13. The Morgan fingerprint density at radius 1 is 1.11 bits per heavy atom. The summed E-state index contributed by atoms with van der Waals surface area (Å²) in [6, 6.07) is -0.785. The number of aryl methyl sites for hydroxylation is 1. The highest BCUT2D eigenvalue weighted by atomic mass is 19.1. The van der Waals surface area contributed by atoms with E-state index in [1.54, 1.807) is 0 Å². The molecule has 1 atom stereocenters. The number of hydrogen-bond acceptors (Lipinski definition) is 11. The first-order valence-corrected chi connectivity index (χ1v) is 10.6. The molecule has 2 aromatic rings. The third-order valence-electron chi connectivity index (χ3n) is 5.39. The van der Waals surface area contributed by atoms with E-state index >= 15 is 0 Å². The third-order valence-corrected chi connectivity index (χ3v) is 5.39. The van der Waals surface area contributed by atoms with Gasteiger partial charge in [-0.15, -0.1) is 0 Å². The van der Waals surface area contributed by atoms with Gasteiger partial charge < -0.3 is 44.5 Å². The smallest absolute Gasteiger partial charge is 0.340 e. The summed E-state index contributed by atoms with van der Waals surface area (Å²) in [5.41, 5.74) is -1.80. The van der Waals surface area contributed by atoms with Crippen molar-refractivity contribution < 1.29 is 52.8 Å². The van der Waals surface area contributed by atoms with Crippen molar-refractivity contribution in [1.82, 2.24) is 10.2 Å². The van der Waals surface area contributed by atoms with Gasteiger partial charge in [0.15, 0.2) is 17.1 Å². The summed E-state index contributed by atoms with van der Waals surface area (Å²) in [7, 11) is 0. The van der Waals surface area contributed by atoms with E-state index in [2.05, 4.69) is 5.32 Å². The van der Waals surface area contributed by atoms with E-state index in [4.69, 9.17) is 4.42 Å². The molecule has 0 aliphatic carbocycles. The van der Waals surface area contributed by atoms with Gasteiger partial charge in [0.25, 0.3) is 0 Å². The van der Waals surface area contributed by atoms with E-state index < -0.39 is 78.0 Å². The fourth-order valence-corrected chi connectivity index (χ4v) is 3.62. The third kappa shape index (κ3) is 6.97. The number of aliphatic carboxylic acids is 3. The van der Waals surface area contributed by atoms with E-state index in [0.717, 1.165) is 6.07 Å². The van der Waals surface area contributed by atoms with Crippen molar-refractivity contribution in [2.45, 2.75) is 38.6 Å². The maximum atomic E-state index is 14.0. The summed E-state index contributed by atoms with van der Waals surface area (Å²) in [6.07, 6.45) is -0.382. The standard InChI is InChI=1S/C22H24F2N2O10/c1-10-11-6-13(23)19(32)18(24)20(11)36-22(35)12(10)7-15(27)25-5-3-2-4-14(21(33)34)26(8-16(28)29)9-17(30)31/h6,14,32H,2-5,7-9H2,1H3,(H,25,27)(H,28,29)(H,30,31)(H,33,34)/p-3. The Morgan fingerprint density at radius 2 is 1.72 bits per heavy atom. The fraction of sp³-hybridized carbons (Fsp3) is 0.409. The van der Waals surface area contributed by atoms with Gasteiger partial charge in [-0.05, 0) is 37.8 Å². The summed E-state index contributed by atoms with van der Waals surface area (Å²) < 4.78 is 32.5. The lowest BCUT2D eigenvalue weighted by atomic mass is 10.0. The highest BCUT2D eigenvalue weighted by molar-refractivity contribution is 5.86. The Labute approximate surface area is 201 Å². The largest absolute Gasteiger partial charge is 0.549 e. The second-order valence-electron chi connectivity index (χ2n) is 7.90. The number of halogens is 2. The van der Waals surface area contributed by atoms with E-state index in [-0.39, 0.29) is 42.3 Å². The molecule has 2 N–H and O–H groups in total. The molecular weight excluding hydrogens is 490 g/mol. The van der Waals surface area contributed by atoms with E-state index in [9.17, 15) is 53.2 Å². The van der Waals surface area contributed by atoms with Crippen LogP contribution in [0.25, 0.3) is 11.0 Å². The zero-order chi connectivity index (χ0) is 27.2. The molecule has 0 spiro atoms. The van der Waals surface area contributed by atoms with Gasteiger partial charge in [-0.25, -0.2) is 9.18 Å². The van der Waals surface area contributed by atoms with Crippen molar-refractivity contribution in [3.63, 3.8) is 0 Å². The number of carboxylic acids is 3. The van der Waals surface area contributed by atoms with Gasteiger partial charge in [0.2, 0.25) is 11.7 Å². The maximum absolute atomic E-state index is 14.0. The number of aromatic hydroxyl groups is 1. The van der Waals surface area contributed by atoms with Crippen LogP contribution in [0.3, 0.4) is 0 Å². The van der Waals surface area contributed by atoms with Gasteiger partial charge in [-0.3, -0.25) is 9.69 Å². The Balaban J connectivity index is 1.98. The first-order valence-electron chi connectivity index (χ1n) is 10.6. The van der Waals surface area contributed by atoms with Crippen molar-refractivity contribution in [1.29, 1.82) is 0 Å². The number of phenolic OH excluding ortho intramolecular Hbond substituents is 1. The number of carbonyl (C=O) groups is 4. The van der Waals surface area contributed by atoms with Crippen molar-refractivity contribution in [2.24, 2.45) is 0 Å². The number of benzene rings is 1. The quantitative estimate of drug-likeness (QED) is 0.203. The maximum Gasteiger partial charge on any atom is 0.340 e. The van der Waals surface area contributed by atoms with Crippen LogP contribution in [0.2, 0.25) is 0 Å².